The van der Waals surface area contributed by atoms with Gasteiger partial charge in [-0.1, -0.05) is 0 Å². The third-order valence-electron chi connectivity index (χ3n) is 6.96. The summed E-state index contributed by atoms with van der Waals surface area (Å²) in [5.74, 6) is 0.767. The van der Waals surface area contributed by atoms with E-state index in [1.165, 1.54) is 31.9 Å². The normalized spacial score (nSPS) is 26.8. The van der Waals surface area contributed by atoms with Crippen molar-refractivity contribution < 1.29 is 9.13 Å². The van der Waals surface area contributed by atoms with Gasteiger partial charge in [0.1, 0.15) is 0 Å². The Hall–Kier alpha value is -2.60. The van der Waals surface area contributed by atoms with Gasteiger partial charge in [-0.2, -0.15) is 5.10 Å². The Balaban J connectivity index is 1.12. The molecule has 0 aromatic carbocycles. The Morgan fingerprint density at radius 2 is 2.03 bits per heavy atom. The summed E-state index contributed by atoms with van der Waals surface area (Å²) < 4.78 is 19.6. The first kappa shape index (κ1) is 24.1. The Morgan fingerprint density at radius 1 is 1.17 bits per heavy atom. The zero-order valence-electron chi connectivity index (χ0n) is 20.1. The van der Waals surface area contributed by atoms with Crippen LogP contribution in [0.4, 0.5) is 10.1 Å². The van der Waals surface area contributed by atoms with Crippen molar-refractivity contribution in [3.63, 3.8) is 0 Å². The van der Waals surface area contributed by atoms with Crippen molar-refractivity contribution in [1.29, 1.82) is 0 Å². The monoisotopic (exact) mass is 485 g/mol. The van der Waals surface area contributed by atoms with Gasteiger partial charge in [0.2, 0.25) is 5.96 Å². The largest absolute Gasteiger partial charge is 0.379 e. The molecule has 0 bridgehead atoms. The smallest absolute Gasteiger partial charge is 0.218 e. The predicted molar refractivity (Wildman–Crippen MR) is 135 cm³/mol. The summed E-state index contributed by atoms with van der Waals surface area (Å²) in [6.07, 6.45) is 9.55. The maximum atomic E-state index is 14.2. The van der Waals surface area contributed by atoms with Gasteiger partial charge in [-0.15, -0.1) is 0 Å². The summed E-state index contributed by atoms with van der Waals surface area (Å²) in [7, 11) is 0. The van der Waals surface area contributed by atoms with Crippen molar-refractivity contribution in [3.8, 4) is 0 Å². The first-order valence-corrected chi connectivity index (χ1v) is 12.7. The third-order valence-corrected chi connectivity index (χ3v) is 6.96. The Labute approximate surface area is 206 Å². The topological polar surface area (TPSA) is 101 Å². The van der Waals surface area contributed by atoms with Crippen molar-refractivity contribution >= 4 is 17.9 Å². The third kappa shape index (κ3) is 6.54. The molecule has 0 amide bonds. The molecule has 5 heterocycles. The number of pyridine rings is 1. The molecule has 1 aromatic heterocycles. The van der Waals surface area contributed by atoms with Gasteiger partial charge in [0.05, 0.1) is 43.2 Å². The molecule has 1 aromatic rings. The molecule has 3 fully saturated rings. The van der Waals surface area contributed by atoms with Crippen LogP contribution in [-0.2, 0) is 4.74 Å². The molecular weight excluding hydrogens is 449 g/mol. The molecule has 0 saturated carbocycles. The second-order valence-corrected chi connectivity index (χ2v) is 9.49. The fraction of sp³-hybridized carbons (Fsp3) is 0.625. The minimum atomic E-state index is -0.645. The molecule has 5 rings (SSSR count). The van der Waals surface area contributed by atoms with E-state index < -0.39 is 6.17 Å². The fourth-order valence-corrected chi connectivity index (χ4v) is 5.10. The second-order valence-electron chi connectivity index (χ2n) is 9.49. The average Bonchev–Trinajstić information content (AvgIpc) is 2.91. The highest BCUT2D eigenvalue weighted by atomic mass is 19.1. The number of rotatable bonds is 6. The van der Waals surface area contributed by atoms with E-state index in [0.717, 1.165) is 37.6 Å². The van der Waals surface area contributed by atoms with Gasteiger partial charge < -0.3 is 25.6 Å². The fourth-order valence-electron chi connectivity index (χ4n) is 5.10. The van der Waals surface area contributed by atoms with Crippen LogP contribution in [0.2, 0.25) is 0 Å². The molecule has 0 radical (unpaired) electrons. The van der Waals surface area contributed by atoms with E-state index in [0.29, 0.717) is 44.3 Å². The van der Waals surface area contributed by atoms with Gasteiger partial charge in [0.25, 0.3) is 0 Å². The summed E-state index contributed by atoms with van der Waals surface area (Å²) in [5, 5.41) is 14.2. The van der Waals surface area contributed by atoms with Crippen LogP contribution in [0.25, 0.3) is 0 Å². The van der Waals surface area contributed by atoms with E-state index in [1.54, 1.807) is 6.21 Å². The van der Waals surface area contributed by atoms with Crippen LogP contribution in [0.1, 0.15) is 31.4 Å². The predicted octanol–water partition coefficient (Wildman–Crippen LogP) is 0.949. The zero-order chi connectivity index (χ0) is 23.9. The Bertz CT molecular complexity index is 910. The molecule has 4 aliphatic rings. The number of morpholine rings is 1. The van der Waals surface area contributed by atoms with Crippen molar-refractivity contribution in [3.05, 3.63) is 36.1 Å². The minimum Gasteiger partial charge on any atom is -0.379 e. The van der Waals surface area contributed by atoms with Crippen molar-refractivity contribution in [2.24, 2.45) is 16.0 Å². The van der Waals surface area contributed by atoms with Crippen LogP contribution in [0, 0.1) is 5.92 Å². The molecule has 190 valence electrons. The molecule has 0 aliphatic carbocycles. The van der Waals surface area contributed by atoms with E-state index in [9.17, 15) is 4.39 Å². The lowest BCUT2D eigenvalue weighted by molar-refractivity contribution is 0.0208. The molecule has 2 atom stereocenters. The van der Waals surface area contributed by atoms with Gasteiger partial charge in [0.15, 0.2) is 12.0 Å². The quantitative estimate of drug-likeness (QED) is 0.349. The standard InChI is InChI=1S/C24H36FN9O/c25-21-16-29-24(31-23(21)33-9-11-35-12-10-33)32-30-14-19-4-5-20(15-28-19)34-8-1-3-18(17-34)13-22-26-6-2-7-27-22/h4-5,14-16,18,22-23,26-27H,1-3,6-13,17H2,(H2,29,31,32)/b30-14+. The first-order chi connectivity index (χ1) is 17.2. The number of ether oxygens (including phenoxy) is 1. The lowest BCUT2D eigenvalue weighted by Crippen LogP contribution is -2.50. The number of halogens is 1. The van der Waals surface area contributed by atoms with E-state index in [-0.39, 0.29) is 5.83 Å². The van der Waals surface area contributed by atoms with E-state index in [2.05, 4.69) is 47.4 Å². The van der Waals surface area contributed by atoms with Crippen molar-refractivity contribution in [1.82, 2.24) is 31.3 Å². The number of aliphatic imine (C=N–C) groups is 1. The highest BCUT2D eigenvalue weighted by Gasteiger charge is 2.27. The van der Waals surface area contributed by atoms with Gasteiger partial charge >= 0.3 is 0 Å². The van der Waals surface area contributed by atoms with Crippen LogP contribution < -0.4 is 26.3 Å². The van der Waals surface area contributed by atoms with Gasteiger partial charge in [-0.25, -0.2) is 14.8 Å². The Morgan fingerprint density at radius 3 is 2.83 bits per heavy atom. The number of nitrogens with zero attached hydrogens (tertiary/aromatic N) is 5. The zero-order valence-corrected chi connectivity index (χ0v) is 20.1. The summed E-state index contributed by atoms with van der Waals surface area (Å²) in [5.41, 5.74) is 4.75. The summed E-state index contributed by atoms with van der Waals surface area (Å²) in [6, 6.07) is 4.08. The number of piperidine rings is 1. The molecule has 0 spiro atoms. The van der Waals surface area contributed by atoms with Crippen LogP contribution in [0.3, 0.4) is 0 Å². The first-order valence-electron chi connectivity index (χ1n) is 12.7. The van der Waals surface area contributed by atoms with Crippen LogP contribution in [-0.4, -0.2) is 86.9 Å². The number of hydrogen-bond donors (Lipinski definition) is 4. The number of aromatic nitrogens is 1. The summed E-state index contributed by atoms with van der Waals surface area (Å²) in [6.45, 7) is 6.82. The highest BCUT2D eigenvalue weighted by molar-refractivity contribution is 5.84. The van der Waals surface area contributed by atoms with Crippen LogP contribution >= 0.6 is 0 Å². The van der Waals surface area contributed by atoms with Gasteiger partial charge in [-0.05, 0) is 56.8 Å². The average molecular weight is 486 g/mol. The molecule has 10 nitrogen and oxygen atoms in total. The van der Waals surface area contributed by atoms with E-state index >= 15 is 0 Å². The minimum absolute atomic E-state index is 0.315. The highest BCUT2D eigenvalue weighted by Crippen LogP contribution is 2.25. The van der Waals surface area contributed by atoms with Gasteiger partial charge in [0, 0.05) is 32.4 Å². The molecule has 11 heteroatoms. The summed E-state index contributed by atoms with van der Waals surface area (Å²) in [4.78, 5) is 13.4. The van der Waals surface area contributed by atoms with Gasteiger partial charge in [-0.3, -0.25) is 9.88 Å². The number of hydrazone groups is 1. The lowest BCUT2D eigenvalue weighted by atomic mass is 9.92. The van der Waals surface area contributed by atoms with Crippen LogP contribution in [0.5, 0.6) is 0 Å². The maximum Gasteiger partial charge on any atom is 0.218 e. The SMILES string of the molecule is FC1=CNC(N/N=C/c2ccc(N3CCCC(CC4NCCCN4)C3)cn2)=NC1N1CCOCC1. The number of guanidine groups is 1. The molecule has 35 heavy (non-hydrogen) atoms. The van der Waals surface area contributed by atoms with Crippen LogP contribution in [0.15, 0.2) is 40.5 Å². The van der Waals surface area contributed by atoms with E-state index in [1.807, 2.05) is 17.2 Å². The maximum absolute atomic E-state index is 14.2. The lowest BCUT2D eigenvalue weighted by Gasteiger charge is -2.37. The number of nitrogens with one attached hydrogen (secondary N) is 4. The molecule has 4 aliphatic heterocycles. The number of anilines is 1. The molecule has 3 saturated heterocycles. The second kappa shape index (κ2) is 11.9. The van der Waals surface area contributed by atoms with Crippen molar-refractivity contribution in [2.75, 3.05) is 57.4 Å². The molecule has 2 unspecified atom stereocenters. The summed E-state index contributed by atoms with van der Waals surface area (Å²) >= 11 is 0. The van der Waals surface area contributed by atoms with E-state index in [4.69, 9.17) is 4.74 Å². The van der Waals surface area contributed by atoms with Crippen molar-refractivity contribution in [2.45, 2.75) is 38.0 Å². The molecule has 4 N–H and O–H groups in total. The Kier molecular flexibility index (Phi) is 8.19. The number of hydrogen-bond acceptors (Lipinski definition) is 10. The molecular formula is C24H36FN9O.